The molecule has 0 N–H and O–H groups in total. The van der Waals surface area contributed by atoms with E-state index in [2.05, 4.69) is 13.8 Å². The normalized spacial score (nSPS) is 27.5. The molecule has 2 saturated carbocycles. The third kappa shape index (κ3) is 15.0. The fraction of sp³-hybridized carbons (Fsp3) is 0.902. The number of hydrogen-bond donors (Lipinski definition) is 0. The molecule has 4 aliphatic rings. The summed E-state index contributed by atoms with van der Waals surface area (Å²) < 4.78 is 33.4. The van der Waals surface area contributed by atoms with E-state index in [9.17, 15) is 19.2 Å². The molecule has 10 nitrogen and oxygen atoms in total. The number of unbranched alkanes of at least 4 members (excludes halogenated alkanes) is 16. The molecule has 4 rings (SSSR count). The van der Waals surface area contributed by atoms with E-state index in [0.717, 1.165) is 77.0 Å². The van der Waals surface area contributed by atoms with Gasteiger partial charge in [-0.25, -0.2) is 0 Å². The van der Waals surface area contributed by atoms with E-state index < -0.39 is 23.7 Å². The second-order valence-corrected chi connectivity index (χ2v) is 15.5. The minimum Gasteiger partial charge on any atom is -0.465 e. The van der Waals surface area contributed by atoms with Crippen LogP contribution in [0.1, 0.15) is 162 Å². The summed E-state index contributed by atoms with van der Waals surface area (Å²) in [6.45, 7) is 5.89. The Balaban J connectivity index is 0.919. The summed E-state index contributed by atoms with van der Waals surface area (Å²) in [5, 5.41) is 0. The van der Waals surface area contributed by atoms with Crippen LogP contribution in [0.15, 0.2) is 0 Å². The van der Waals surface area contributed by atoms with Crippen LogP contribution in [-0.4, -0.2) is 74.7 Å². The lowest BCUT2D eigenvalue weighted by Gasteiger charge is -2.26. The molecular formula is C41H68O10. The Labute approximate surface area is 307 Å². The summed E-state index contributed by atoms with van der Waals surface area (Å²) in [5.41, 5.74) is 0. The van der Waals surface area contributed by atoms with Gasteiger partial charge in [-0.15, -0.1) is 0 Å². The summed E-state index contributed by atoms with van der Waals surface area (Å²) in [5.74, 6) is -2.86. The standard InChI is InChI=1S/C41H68O10/c1-3-5-18-22-46-38(42)30-26-34-36(50-34)28-32(30)40(44)48-24-20-16-14-12-10-8-7-9-11-13-15-17-21-25-49-41(45)33-29-37-35(51-37)27-31(33)39(43)47-23-19-6-4-2/h30-37H,3-29H2,1-2H3. The van der Waals surface area contributed by atoms with Crippen molar-refractivity contribution < 1.29 is 47.6 Å². The highest BCUT2D eigenvalue weighted by Crippen LogP contribution is 2.45. The SMILES string of the molecule is CCCCCOC(=O)C1CC2OC2CC1C(=O)OCCCCCCCCCCCCCCCOC(=O)C1CC2OC2CC1C(=O)OCCCCC. The first-order valence-corrected chi connectivity index (χ1v) is 20.9. The minimum atomic E-state index is -0.447. The molecule has 2 heterocycles. The molecule has 8 atom stereocenters. The predicted molar refractivity (Wildman–Crippen MR) is 193 cm³/mol. The zero-order valence-corrected chi connectivity index (χ0v) is 31.8. The number of carbonyl (C=O) groups excluding carboxylic acids is 4. The lowest BCUT2D eigenvalue weighted by atomic mass is 9.79. The fourth-order valence-corrected chi connectivity index (χ4v) is 7.86. The average molecular weight is 721 g/mol. The molecule has 0 radical (unpaired) electrons. The van der Waals surface area contributed by atoms with Crippen LogP contribution in [-0.2, 0) is 47.6 Å². The maximum Gasteiger partial charge on any atom is 0.309 e. The third-order valence-electron chi connectivity index (χ3n) is 11.3. The molecule has 0 amide bonds. The van der Waals surface area contributed by atoms with E-state index in [1.165, 1.54) is 44.9 Å². The van der Waals surface area contributed by atoms with Crippen molar-refractivity contribution in [1.82, 2.24) is 0 Å². The highest BCUT2D eigenvalue weighted by atomic mass is 16.6. The summed E-state index contributed by atoms with van der Waals surface area (Å²) in [6, 6.07) is 0. The van der Waals surface area contributed by atoms with Crippen molar-refractivity contribution in [3.05, 3.63) is 0 Å². The first-order valence-electron chi connectivity index (χ1n) is 20.9. The third-order valence-corrected chi connectivity index (χ3v) is 11.3. The van der Waals surface area contributed by atoms with Gasteiger partial charge in [-0.3, -0.25) is 19.2 Å². The highest BCUT2D eigenvalue weighted by Gasteiger charge is 2.54. The van der Waals surface area contributed by atoms with Crippen LogP contribution in [0.25, 0.3) is 0 Å². The molecular weight excluding hydrogens is 652 g/mol. The Morgan fingerprint density at radius 3 is 0.824 bits per heavy atom. The van der Waals surface area contributed by atoms with Gasteiger partial charge in [0.15, 0.2) is 0 Å². The molecule has 0 spiro atoms. The lowest BCUT2D eigenvalue weighted by Crippen LogP contribution is -2.37. The van der Waals surface area contributed by atoms with Gasteiger partial charge in [-0.2, -0.15) is 0 Å². The second kappa shape index (κ2) is 23.5. The van der Waals surface area contributed by atoms with Crippen LogP contribution in [0, 0.1) is 23.7 Å². The average Bonchev–Trinajstić information content (AvgIpc) is 4.07. The number of rotatable bonds is 28. The van der Waals surface area contributed by atoms with Crippen LogP contribution in [0.4, 0.5) is 0 Å². The largest absolute Gasteiger partial charge is 0.465 e. The monoisotopic (exact) mass is 720 g/mol. The maximum absolute atomic E-state index is 12.8. The number of fused-ring (bicyclic) bond motifs is 2. The van der Waals surface area contributed by atoms with Crippen molar-refractivity contribution in [1.29, 1.82) is 0 Å². The Bertz CT molecular complexity index is 967. The van der Waals surface area contributed by atoms with Crippen molar-refractivity contribution >= 4 is 23.9 Å². The molecule has 4 fully saturated rings. The Morgan fingerprint density at radius 1 is 0.373 bits per heavy atom. The molecule has 0 aromatic carbocycles. The Morgan fingerprint density at radius 2 is 0.588 bits per heavy atom. The fourth-order valence-electron chi connectivity index (χ4n) is 7.86. The van der Waals surface area contributed by atoms with E-state index in [4.69, 9.17) is 28.4 Å². The van der Waals surface area contributed by atoms with Gasteiger partial charge < -0.3 is 28.4 Å². The summed E-state index contributed by atoms with van der Waals surface area (Å²) in [4.78, 5) is 51.0. The van der Waals surface area contributed by atoms with E-state index in [-0.39, 0.29) is 48.3 Å². The van der Waals surface area contributed by atoms with Crippen molar-refractivity contribution in [2.45, 2.75) is 186 Å². The molecule has 2 saturated heterocycles. The van der Waals surface area contributed by atoms with Crippen molar-refractivity contribution in [2.75, 3.05) is 26.4 Å². The van der Waals surface area contributed by atoms with Gasteiger partial charge in [-0.05, 0) is 51.4 Å². The van der Waals surface area contributed by atoms with Gasteiger partial charge in [0.25, 0.3) is 0 Å². The number of ether oxygens (including phenoxy) is 6. The van der Waals surface area contributed by atoms with Gasteiger partial charge in [0.2, 0.25) is 0 Å². The molecule has 2 aliphatic carbocycles. The van der Waals surface area contributed by atoms with E-state index in [1.807, 2.05) is 0 Å². The predicted octanol–water partition coefficient (Wildman–Crippen LogP) is 8.20. The van der Waals surface area contributed by atoms with Gasteiger partial charge >= 0.3 is 23.9 Å². The van der Waals surface area contributed by atoms with E-state index in [0.29, 0.717) is 52.1 Å². The van der Waals surface area contributed by atoms with Crippen molar-refractivity contribution in [3.63, 3.8) is 0 Å². The van der Waals surface area contributed by atoms with Crippen LogP contribution in [0.3, 0.4) is 0 Å². The minimum absolute atomic E-state index is 0.0953. The van der Waals surface area contributed by atoms with Crippen LogP contribution in [0.2, 0.25) is 0 Å². The molecule has 2 aliphatic heterocycles. The van der Waals surface area contributed by atoms with Crippen molar-refractivity contribution in [2.24, 2.45) is 23.7 Å². The topological polar surface area (TPSA) is 130 Å². The van der Waals surface area contributed by atoms with Crippen LogP contribution >= 0.6 is 0 Å². The molecule has 8 unspecified atom stereocenters. The Hall–Kier alpha value is -2.20. The quantitative estimate of drug-likeness (QED) is 0.0337. The van der Waals surface area contributed by atoms with Gasteiger partial charge in [0, 0.05) is 0 Å². The van der Waals surface area contributed by atoms with Gasteiger partial charge in [0.1, 0.15) is 0 Å². The van der Waals surface area contributed by atoms with Crippen LogP contribution < -0.4 is 0 Å². The zero-order valence-electron chi connectivity index (χ0n) is 31.8. The second-order valence-electron chi connectivity index (χ2n) is 15.5. The molecule has 0 aromatic heterocycles. The van der Waals surface area contributed by atoms with E-state index in [1.54, 1.807) is 0 Å². The first-order chi connectivity index (χ1) is 24.9. The number of esters is 4. The van der Waals surface area contributed by atoms with E-state index >= 15 is 0 Å². The molecule has 0 bridgehead atoms. The van der Waals surface area contributed by atoms with Crippen LogP contribution in [0.5, 0.6) is 0 Å². The number of epoxide rings is 2. The maximum atomic E-state index is 12.8. The molecule has 292 valence electrons. The summed E-state index contributed by atoms with van der Waals surface area (Å²) >= 11 is 0. The Kier molecular flexibility index (Phi) is 19.1. The molecule has 0 aromatic rings. The number of hydrogen-bond acceptors (Lipinski definition) is 10. The smallest absolute Gasteiger partial charge is 0.309 e. The molecule has 51 heavy (non-hydrogen) atoms. The van der Waals surface area contributed by atoms with Crippen molar-refractivity contribution in [3.8, 4) is 0 Å². The number of carbonyl (C=O) groups is 4. The van der Waals surface area contributed by atoms with Gasteiger partial charge in [-0.1, -0.05) is 110 Å². The first kappa shape index (κ1) is 41.6. The summed E-state index contributed by atoms with van der Waals surface area (Å²) in [7, 11) is 0. The molecule has 10 heteroatoms. The zero-order chi connectivity index (χ0) is 36.3. The highest BCUT2D eigenvalue weighted by molar-refractivity contribution is 5.83. The lowest BCUT2D eigenvalue weighted by molar-refractivity contribution is -0.162. The summed E-state index contributed by atoms with van der Waals surface area (Å²) in [6.07, 6.45) is 23.3. The van der Waals surface area contributed by atoms with Gasteiger partial charge in [0.05, 0.1) is 74.5 Å².